The third-order valence-electron chi connectivity index (χ3n) is 6.01. The van der Waals surface area contributed by atoms with Crippen molar-refractivity contribution in [3.05, 3.63) is 40.3 Å². The number of rotatable bonds is 2. The third-order valence-corrected chi connectivity index (χ3v) is 6.01. The Kier molecular flexibility index (Phi) is 3.83. The van der Waals surface area contributed by atoms with E-state index in [2.05, 4.69) is 30.6 Å². The molecule has 3 N–H and O–H groups in total. The maximum absolute atomic E-state index is 13.4. The van der Waals surface area contributed by atoms with Crippen LogP contribution in [-0.4, -0.2) is 43.2 Å². The molecule has 150 valence electrons. The van der Waals surface area contributed by atoms with Crippen molar-refractivity contribution >= 4 is 28.6 Å². The van der Waals surface area contributed by atoms with Gasteiger partial charge in [-0.3, -0.25) is 14.6 Å². The lowest BCUT2D eigenvalue weighted by molar-refractivity contribution is 0.0773. The second-order valence-corrected chi connectivity index (χ2v) is 7.72. The molecule has 0 bridgehead atoms. The molecule has 3 aromatic heterocycles. The fourth-order valence-corrected chi connectivity index (χ4v) is 4.50. The molecule has 0 aromatic carbocycles. The molecule has 2 aliphatic rings. The number of aromatic amines is 1. The summed E-state index contributed by atoms with van der Waals surface area (Å²) < 4.78 is 1.51. The number of fused-ring (bicyclic) bond motifs is 2. The topological polar surface area (TPSA) is 121 Å². The van der Waals surface area contributed by atoms with Crippen LogP contribution in [0.4, 0.5) is 11.5 Å². The third kappa shape index (κ3) is 2.59. The van der Waals surface area contributed by atoms with Gasteiger partial charge in [0.1, 0.15) is 28.9 Å². The van der Waals surface area contributed by atoms with Crippen molar-refractivity contribution in [2.24, 2.45) is 0 Å². The smallest absolute Gasteiger partial charge is 0.293 e. The number of carbonyl (C=O) groups is 1. The summed E-state index contributed by atoms with van der Waals surface area (Å²) in [6, 6.07) is 1.69. The Morgan fingerprint density at radius 3 is 2.72 bits per heavy atom. The minimum absolute atomic E-state index is 0.204. The number of anilines is 2. The highest BCUT2D eigenvalue weighted by Gasteiger charge is 2.44. The molecule has 10 heteroatoms. The second-order valence-electron chi connectivity index (χ2n) is 7.72. The second kappa shape index (κ2) is 6.29. The number of hydrogen-bond acceptors (Lipinski definition) is 7. The summed E-state index contributed by atoms with van der Waals surface area (Å²) in [6.07, 6.45) is 7.74. The van der Waals surface area contributed by atoms with Crippen LogP contribution in [0.25, 0.3) is 11.2 Å². The fourth-order valence-electron chi connectivity index (χ4n) is 4.50. The van der Waals surface area contributed by atoms with E-state index in [4.69, 9.17) is 0 Å². The van der Waals surface area contributed by atoms with E-state index >= 15 is 0 Å². The first kappa shape index (κ1) is 17.7. The highest BCUT2D eigenvalue weighted by molar-refractivity contribution is 5.96. The summed E-state index contributed by atoms with van der Waals surface area (Å²) in [5.41, 5.74) is 1.72. The van der Waals surface area contributed by atoms with Gasteiger partial charge >= 0.3 is 0 Å². The van der Waals surface area contributed by atoms with Gasteiger partial charge in [-0.05, 0) is 44.2 Å². The molecular formula is C19H22N8O2. The van der Waals surface area contributed by atoms with E-state index in [1.54, 1.807) is 6.07 Å². The molecule has 1 amide bonds. The predicted octanol–water partition coefficient (Wildman–Crippen LogP) is 1.54. The lowest BCUT2D eigenvalue weighted by Gasteiger charge is -2.50. The Morgan fingerprint density at radius 1 is 1.14 bits per heavy atom. The molecule has 0 unspecified atom stereocenters. The molecule has 4 heterocycles. The van der Waals surface area contributed by atoms with Crippen molar-refractivity contribution in [2.45, 2.75) is 44.7 Å². The molecule has 1 fully saturated rings. The normalized spacial score (nSPS) is 18.0. The number of nitrogens with zero attached hydrogens (tertiary/aromatic N) is 5. The van der Waals surface area contributed by atoms with E-state index in [0.717, 1.165) is 32.1 Å². The van der Waals surface area contributed by atoms with Gasteiger partial charge in [0, 0.05) is 7.05 Å². The number of aromatic nitrogens is 5. The summed E-state index contributed by atoms with van der Waals surface area (Å²) in [5, 5.41) is 8.17. The summed E-state index contributed by atoms with van der Waals surface area (Å²) in [5.74, 6) is 0.254. The van der Waals surface area contributed by atoms with Crippen LogP contribution in [0.1, 0.15) is 48.2 Å². The summed E-state index contributed by atoms with van der Waals surface area (Å²) in [4.78, 5) is 41.8. The Bertz CT molecular complexity index is 1170. The van der Waals surface area contributed by atoms with Gasteiger partial charge in [0.15, 0.2) is 11.5 Å². The van der Waals surface area contributed by atoms with E-state index in [9.17, 15) is 9.59 Å². The van der Waals surface area contributed by atoms with Crippen LogP contribution < -0.4 is 21.2 Å². The average molecular weight is 394 g/mol. The molecule has 0 atom stereocenters. The Morgan fingerprint density at radius 2 is 1.93 bits per heavy atom. The van der Waals surface area contributed by atoms with Crippen molar-refractivity contribution in [1.29, 1.82) is 0 Å². The molecule has 10 nitrogen and oxygen atoms in total. The molecule has 0 saturated heterocycles. The molecule has 1 aliphatic carbocycles. The predicted molar refractivity (Wildman–Crippen MR) is 108 cm³/mol. The molecule has 0 radical (unpaired) electrons. The summed E-state index contributed by atoms with van der Waals surface area (Å²) in [6.45, 7) is 1.83. The van der Waals surface area contributed by atoms with E-state index in [1.807, 2.05) is 19.0 Å². The zero-order valence-electron chi connectivity index (χ0n) is 16.3. The number of nitrogens with one attached hydrogen (secondary N) is 3. The van der Waals surface area contributed by atoms with Crippen LogP contribution in [0, 0.1) is 6.92 Å². The first-order valence-electron chi connectivity index (χ1n) is 9.74. The summed E-state index contributed by atoms with van der Waals surface area (Å²) in [7, 11) is 1.87. The first-order valence-corrected chi connectivity index (χ1v) is 9.74. The summed E-state index contributed by atoms with van der Waals surface area (Å²) >= 11 is 0. The van der Waals surface area contributed by atoms with Gasteiger partial charge in [0.05, 0.1) is 6.33 Å². The van der Waals surface area contributed by atoms with Gasteiger partial charge < -0.3 is 15.6 Å². The lowest BCUT2D eigenvalue weighted by Crippen LogP contribution is -2.70. The average Bonchev–Trinajstić information content (AvgIpc) is 3.19. The number of H-pyrrole nitrogens is 1. The standard InChI is InChI=1S/C19H22N8O2/c1-11-8-12(24-16-13-15(21-9-20-13)22-10-23-16)18(29)27-14(11)17(28)25-19(26(27)2)6-4-3-5-7-19/h8-10H,3-7H2,1-2H3,(H,25,28)(H2,20,21,22,23,24). The molecule has 5 rings (SSSR count). The Labute approximate surface area is 166 Å². The number of amides is 1. The minimum Gasteiger partial charge on any atom is -0.340 e. The van der Waals surface area contributed by atoms with Gasteiger partial charge in [-0.2, -0.15) is 0 Å². The van der Waals surface area contributed by atoms with Crippen molar-refractivity contribution in [2.75, 3.05) is 17.4 Å². The SMILES string of the molecule is Cc1cc(Nc2ncnc3nc[nH]c23)c(=O)n2c1C(=O)NC1(CCCCC1)N2C. The van der Waals surface area contributed by atoms with E-state index < -0.39 is 5.66 Å². The minimum atomic E-state index is -0.525. The number of hydrogen-bond donors (Lipinski definition) is 3. The van der Waals surface area contributed by atoms with Crippen LogP contribution in [0.15, 0.2) is 23.5 Å². The van der Waals surface area contributed by atoms with Crippen LogP contribution in [0.3, 0.4) is 0 Å². The number of carbonyl (C=O) groups excluding carboxylic acids is 1. The maximum Gasteiger partial charge on any atom is 0.293 e. The van der Waals surface area contributed by atoms with Gasteiger partial charge in [-0.1, -0.05) is 6.42 Å². The number of imidazole rings is 1. The van der Waals surface area contributed by atoms with Gasteiger partial charge in [-0.15, -0.1) is 0 Å². The quantitative estimate of drug-likeness (QED) is 0.603. The van der Waals surface area contributed by atoms with Crippen LogP contribution in [-0.2, 0) is 0 Å². The molecule has 29 heavy (non-hydrogen) atoms. The molecule has 1 spiro atoms. The van der Waals surface area contributed by atoms with Gasteiger partial charge in [0.2, 0.25) is 0 Å². The van der Waals surface area contributed by atoms with Crippen molar-refractivity contribution < 1.29 is 4.79 Å². The van der Waals surface area contributed by atoms with Crippen molar-refractivity contribution in [1.82, 2.24) is 29.9 Å². The van der Waals surface area contributed by atoms with Crippen LogP contribution >= 0.6 is 0 Å². The molecule has 3 aromatic rings. The number of pyridine rings is 1. The monoisotopic (exact) mass is 394 g/mol. The Balaban J connectivity index is 1.63. The van der Waals surface area contributed by atoms with E-state index in [-0.39, 0.29) is 11.5 Å². The van der Waals surface area contributed by atoms with Crippen LogP contribution in [0.5, 0.6) is 0 Å². The van der Waals surface area contributed by atoms with Crippen molar-refractivity contribution in [3.63, 3.8) is 0 Å². The Hall–Kier alpha value is -3.43. The highest BCUT2D eigenvalue weighted by Crippen LogP contribution is 2.33. The zero-order chi connectivity index (χ0) is 20.2. The first-order chi connectivity index (χ1) is 14.0. The van der Waals surface area contributed by atoms with Crippen molar-refractivity contribution in [3.8, 4) is 0 Å². The highest BCUT2D eigenvalue weighted by atomic mass is 16.2. The van der Waals surface area contributed by atoms with Gasteiger partial charge in [-0.25, -0.2) is 19.6 Å². The van der Waals surface area contributed by atoms with Gasteiger partial charge in [0.25, 0.3) is 11.5 Å². The lowest BCUT2D eigenvalue weighted by atomic mass is 9.87. The molecular weight excluding hydrogens is 372 g/mol. The largest absolute Gasteiger partial charge is 0.340 e. The molecule has 1 saturated carbocycles. The zero-order valence-corrected chi connectivity index (χ0v) is 16.3. The maximum atomic E-state index is 13.4. The van der Waals surface area contributed by atoms with Crippen LogP contribution in [0.2, 0.25) is 0 Å². The van der Waals surface area contributed by atoms with E-state index in [0.29, 0.717) is 33.9 Å². The number of aryl methyl sites for hydroxylation is 1. The fraction of sp³-hybridized carbons (Fsp3) is 0.421. The molecule has 1 aliphatic heterocycles. The van der Waals surface area contributed by atoms with E-state index in [1.165, 1.54) is 17.3 Å².